The largest absolute Gasteiger partial charge is 0.416 e. The third kappa shape index (κ3) is 4.57. The van der Waals surface area contributed by atoms with Crippen molar-refractivity contribution >= 4 is 34.4 Å². The molecule has 3 atom stereocenters. The zero-order valence-corrected chi connectivity index (χ0v) is 17.4. The van der Waals surface area contributed by atoms with Crippen molar-refractivity contribution in [3.05, 3.63) is 65.2 Å². The van der Waals surface area contributed by atoms with E-state index >= 15 is 0 Å². The lowest BCUT2D eigenvalue weighted by molar-refractivity contribution is -0.138. The minimum atomic E-state index is -4.49. The molecule has 2 aromatic carbocycles. The first-order valence-corrected chi connectivity index (χ1v) is 9.46. The lowest BCUT2D eigenvalue weighted by Crippen LogP contribution is -2.36. The Morgan fingerprint density at radius 2 is 1.40 bits per heavy atom. The van der Waals surface area contributed by atoms with Gasteiger partial charge in [0.25, 0.3) is 0 Å². The van der Waals surface area contributed by atoms with Crippen molar-refractivity contribution in [3.8, 4) is 0 Å². The lowest BCUT2D eigenvalue weighted by Gasteiger charge is -2.28. The summed E-state index contributed by atoms with van der Waals surface area (Å²) in [5, 5.41) is 16.2. The van der Waals surface area contributed by atoms with Crippen LogP contribution in [0.3, 0.4) is 0 Å². The van der Waals surface area contributed by atoms with Crippen LogP contribution in [0.5, 0.6) is 0 Å². The number of aliphatic hydroxyl groups is 1. The van der Waals surface area contributed by atoms with Crippen molar-refractivity contribution < 1.29 is 34.5 Å². The Morgan fingerprint density at radius 1 is 0.933 bits per heavy atom. The van der Waals surface area contributed by atoms with Crippen molar-refractivity contribution in [3.63, 3.8) is 0 Å². The van der Waals surface area contributed by atoms with Gasteiger partial charge in [0.05, 0.1) is 22.7 Å². The van der Waals surface area contributed by atoms with E-state index in [0.717, 1.165) is 29.3 Å². The maximum atomic E-state index is 12.8. The van der Waals surface area contributed by atoms with Gasteiger partial charge in [0.15, 0.2) is 6.23 Å². The number of hydrazone groups is 1. The fraction of sp³-hybridized carbons (Fsp3) is 0.316. The molecule has 2 aromatic rings. The van der Waals surface area contributed by atoms with Crippen LogP contribution in [-0.4, -0.2) is 17.0 Å². The van der Waals surface area contributed by atoms with Crippen molar-refractivity contribution in [2.45, 2.75) is 31.6 Å². The molecule has 0 aromatic heterocycles. The summed E-state index contributed by atoms with van der Waals surface area (Å²) in [7, 11) is 0. The lowest BCUT2D eigenvalue weighted by atomic mass is 9.90. The summed E-state index contributed by atoms with van der Waals surface area (Å²) in [5.74, 6) is -0.749. The first kappa shape index (κ1) is 22.8. The number of rotatable bonds is 4. The van der Waals surface area contributed by atoms with Gasteiger partial charge in [-0.1, -0.05) is 12.1 Å². The molecule has 30 heavy (non-hydrogen) atoms. The first-order valence-electron chi connectivity index (χ1n) is 8.57. The van der Waals surface area contributed by atoms with E-state index in [9.17, 15) is 31.4 Å². The Labute approximate surface area is 181 Å². The molecular weight excluding hydrogens is 529 g/mol. The number of hydrogen-bond donors (Lipinski definition) is 1. The third-order valence-corrected chi connectivity index (χ3v) is 5.32. The summed E-state index contributed by atoms with van der Waals surface area (Å²) in [6, 6.07) is 8.47. The van der Waals surface area contributed by atoms with E-state index in [1.165, 1.54) is 24.3 Å². The zero-order valence-electron chi connectivity index (χ0n) is 15.2. The van der Waals surface area contributed by atoms with Crippen LogP contribution in [0.1, 0.15) is 29.7 Å². The number of halogens is 7. The molecule has 11 heteroatoms. The van der Waals surface area contributed by atoms with Gasteiger partial charge < -0.3 is 8.17 Å². The molecular formula is C19H15F6IN2O2. The number of anilines is 1. The molecule has 0 aliphatic carbocycles. The molecule has 0 saturated carbocycles. The number of aliphatic hydroxyl groups excluding tert-OH is 1. The third-order valence-electron chi connectivity index (χ3n) is 4.77. The van der Waals surface area contributed by atoms with Gasteiger partial charge in [-0.15, -0.1) is 0 Å². The Kier molecular flexibility index (Phi) is 6.35. The Morgan fingerprint density at radius 3 is 1.83 bits per heavy atom. The summed E-state index contributed by atoms with van der Waals surface area (Å²) in [4.78, 5) is 0. The number of benzene rings is 2. The van der Waals surface area contributed by atoms with Crippen LogP contribution in [-0.2, 0) is 15.4 Å². The number of nitrogens with zero attached hydrogens (tertiary/aromatic N) is 2. The van der Waals surface area contributed by atoms with Crippen molar-refractivity contribution in [1.29, 1.82) is 0 Å². The zero-order chi connectivity index (χ0) is 22.3. The second kappa shape index (κ2) is 8.35. The highest BCUT2D eigenvalue weighted by Gasteiger charge is 2.42. The van der Waals surface area contributed by atoms with Crippen LogP contribution in [0.25, 0.3) is 0 Å². The minimum Gasteiger partial charge on any atom is -0.371 e. The molecule has 1 heterocycles. The summed E-state index contributed by atoms with van der Waals surface area (Å²) >= 11 is 1.59. The predicted molar refractivity (Wildman–Crippen MR) is 106 cm³/mol. The maximum absolute atomic E-state index is 12.8. The molecule has 162 valence electrons. The first-order chi connectivity index (χ1) is 13.9. The Balaban J connectivity index is 1.85. The van der Waals surface area contributed by atoms with E-state index in [0.29, 0.717) is 11.3 Å². The van der Waals surface area contributed by atoms with Crippen LogP contribution in [0.2, 0.25) is 0 Å². The smallest absolute Gasteiger partial charge is 0.371 e. The van der Waals surface area contributed by atoms with Crippen LogP contribution in [0.4, 0.5) is 32.0 Å². The highest BCUT2D eigenvalue weighted by Crippen LogP contribution is 2.40. The second-order valence-corrected chi connectivity index (χ2v) is 7.21. The van der Waals surface area contributed by atoms with Crippen molar-refractivity contribution in [2.75, 3.05) is 5.01 Å². The van der Waals surface area contributed by atoms with E-state index in [1.807, 2.05) is 0 Å². The maximum Gasteiger partial charge on any atom is 0.416 e. The fourth-order valence-electron chi connectivity index (χ4n) is 3.23. The summed E-state index contributed by atoms with van der Waals surface area (Å²) in [6.07, 6.45) is -11.1. The van der Waals surface area contributed by atoms with Crippen LogP contribution in [0, 0.1) is 5.92 Å². The topological polar surface area (TPSA) is 45.1 Å². The average molecular weight is 544 g/mol. The molecule has 0 bridgehead atoms. The predicted octanol–water partition coefficient (Wildman–Crippen LogP) is 5.96. The van der Waals surface area contributed by atoms with E-state index in [1.54, 1.807) is 29.9 Å². The number of alkyl halides is 6. The van der Waals surface area contributed by atoms with Crippen LogP contribution in [0.15, 0.2) is 53.6 Å². The van der Waals surface area contributed by atoms with Gasteiger partial charge in [0.1, 0.15) is 29.1 Å². The molecule has 0 saturated heterocycles. The normalized spacial score (nSPS) is 21.0. The molecule has 0 amide bonds. The van der Waals surface area contributed by atoms with Gasteiger partial charge in [0, 0.05) is 5.71 Å². The number of hydrogen-bond acceptors (Lipinski definition) is 4. The molecule has 3 rings (SSSR count). The van der Waals surface area contributed by atoms with Gasteiger partial charge in [0.2, 0.25) is 0 Å². The van der Waals surface area contributed by atoms with Gasteiger partial charge in [-0.2, -0.15) is 31.4 Å². The van der Waals surface area contributed by atoms with Gasteiger partial charge in [-0.25, -0.2) is 5.01 Å². The Bertz CT molecular complexity index is 913. The quantitative estimate of drug-likeness (QED) is 0.382. The summed E-state index contributed by atoms with van der Waals surface area (Å²) in [6.45, 7) is 1.60. The van der Waals surface area contributed by atoms with E-state index in [2.05, 4.69) is 5.10 Å². The van der Waals surface area contributed by atoms with Crippen LogP contribution >= 0.6 is 23.0 Å². The fourth-order valence-corrected chi connectivity index (χ4v) is 3.84. The van der Waals surface area contributed by atoms with E-state index in [-0.39, 0.29) is 5.69 Å². The molecule has 0 fully saturated rings. The SMILES string of the molecule is CC1=NN(c2ccc(C(F)(F)F)cc2)C(O)C1C(OI)c1ccc(C(F)(F)F)cc1. The molecule has 0 spiro atoms. The van der Waals surface area contributed by atoms with Crippen LogP contribution < -0.4 is 5.01 Å². The summed E-state index contributed by atoms with van der Waals surface area (Å²) in [5.41, 5.74) is -0.608. The molecule has 3 unspecified atom stereocenters. The molecule has 0 radical (unpaired) electrons. The monoisotopic (exact) mass is 544 g/mol. The highest BCUT2D eigenvalue weighted by molar-refractivity contribution is 14.1. The molecule has 1 N–H and O–H groups in total. The highest BCUT2D eigenvalue weighted by atomic mass is 127. The second-order valence-electron chi connectivity index (χ2n) is 6.70. The average Bonchev–Trinajstić information content (AvgIpc) is 2.96. The van der Waals surface area contributed by atoms with E-state index < -0.39 is 41.7 Å². The van der Waals surface area contributed by atoms with Gasteiger partial charge >= 0.3 is 12.4 Å². The van der Waals surface area contributed by atoms with Crippen molar-refractivity contribution in [1.82, 2.24) is 0 Å². The molecule has 4 nitrogen and oxygen atoms in total. The van der Waals surface area contributed by atoms with Gasteiger partial charge in [-0.05, 0) is 48.9 Å². The van der Waals surface area contributed by atoms with E-state index in [4.69, 9.17) is 3.07 Å². The molecule has 1 aliphatic heterocycles. The Hall–Kier alpha value is -1.86. The summed E-state index contributed by atoms with van der Waals surface area (Å²) < 4.78 is 82.1. The minimum absolute atomic E-state index is 0.233. The molecule has 1 aliphatic rings. The van der Waals surface area contributed by atoms with Crippen molar-refractivity contribution in [2.24, 2.45) is 11.0 Å². The standard InChI is InChI=1S/C19H15F6IN2O2/c1-10-15(16(30-26)11-2-4-12(5-3-11)18(20,21)22)17(29)28(27-10)14-8-6-13(7-9-14)19(23,24)25/h2-9,15-17,29H,1H3. The van der Waals surface area contributed by atoms with Gasteiger partial charge in [-0.3, -0.25) is 0 Å².